The minimum atomic E-state index is -0.0812. The lowest BCUT2D eigenvalue weighted by molar-refractivity contribution is 0.182. The SMILES string of the molecule is COCCn1nc(-c2ccccc2)c2ccccc2c1=O. The molecule has 4 nitrogen and oxygen atoms in total. The maximum Gasteiger partial charge on any atom is 0.274 e. The van der Waals surface area contributed by atoms with Crippen LogP contribution in [0.15, 0.2) is 59.4 Å². The van der Waals surface area contributed by atoms with E-state index in [1.54, 1.807) is 7.11 Å². The van der Waals surface area contributed by atoms with Gasteiger partial charge in [0.05, 0.1) is 24.2 Å². The van der Waals surface area contributed by atoms with E-state index in [4.69, 9.17) is 4.74 Å². The number of benzene rings is 2. The van der Waals surface area contributed by atoms with Crippen LogP contribution >= 0.6 is 0 Å². The molecule has 0 aliphatic carbocycles. The summed E-state index contributed by atoms with van der Waals surface area (Å²) in [5.74, 6) is 0. The first-order valence-electron chi connectivity index (χ1n) is 6.85. The third-order valence-electron chi connectivity index (χ3n) is 3.42. The fourth-order valence-electron chi connectivity index (χ4n) is 2.37. The Hall–Kier alpha value is -2.46. The average molecular weight is 280 g/mol. The smallest absolute Gasteiger partial charge is 0.274 e. The molecule has 3 rings (SSSR count). The topological polar surface area (TPSA) is 44.1 Å². The molecular weight excluding hydrogens is 264 g/mol. The van der Waals surface area contributed by atoms with Gasteiger partial charge in [0.25, 0.3) is 5.56 Å². The van der Waals surface area contributed by atoms with Crippen molar-refractivity contribution in [1.29, 1.82) is 0 Å². The normalized spacial score (nSPS) is 10.9. The number of fused-ring (bicyclic) bond motifs is 1. The number of aromatic nitrogens is 2. The van der Waals surface area contributed by atoms with Gasteiger partial charge in [-0.2, -0.15) is 5.10 Å². The van der Waals surface area contributed by atoms with Crippen molar-refractivity contribution in [3.63, 3.8) is 0 Å². The number of ether oxygens (including phenoxy) is 1. The van der Waals surface area contributed by atoms with E-state index in [1.807, 2.05) is 54.6 Å². The molecule has 3 aromatic rings. The summed E-state index contributed by atoms with van der Waals surface area (Å²) in [5, 5.41) is 6.09. The molecule has 0 bridgehead atoms. The second-order valence-electron chi connectivity index (χ2n) is 4.78. The van der Waals surface area contributed by atoms with Crippen molar-refractivity contribution in [1.82, 2.24) is 9.78 Å². The fourth-order valence-corrected chi connectivity index (χ4v) is 2.37. The van der Waals surface area contributed by atoms with Crippen molar-refractivity contribution < 1.29 is 4.74 Å². The van der Waals surface area contributed by atoms with E-state index in [0.29, 0.717) is 18.5 Å². The molecule has 0 atom stereocenters. The zero-order chi connectivity index (χ0) is 14.7. The van der Waals surface area contributed by atoms with E-state index in [-0.39, 0.29) is 5.56 Å². The predicted molar refractivity (Wildman–Crippen MR) is 83.3 cm³/mol. The third-order valence-corrected chi connectivity index (χ3v) is 3.42. The summed E-state index contributed by atoms with van der Waals surface area (Å²) in [6.07, 6.45) is 0. The molecular formula is C17H16N2O2. The molecule has 106 valence electrons. The molecule has 0 unspecified atom stereocenters. The highest BCUT2D eigenvalue weighted by Crippen LogP contribution is 2.24. The lowest BCUT2D eigenvalue weighted by Gasteiger charge is -2.10. The molecule has 0 saturated carbocycles. The second-order valence-corrected chi connectivity index (χ2v) is 4.78. The number of hydrogen-bond donors (Lipinski definition) is 0. The first-order valence-corrected chi connectivity index (χ1v) is 6.85. The average Bonchev–Trinajstić information content (AvgIpc) is 2.55. The van der Waals surface area contributed by atoms with Gasteiger partial charge in [-0.25, -0.2) is 4.68 Å². The molecule has 1 heterocycles. The zero-order valence-corrected chi connectivity index (χ0v) is 11.8. The Morgan fingerprint density at radius 2 is 1.67 bits per heavy atom. The van der Waals surface area contributed by atoms with Crippen LogP contribution in [0.2, 0.25) is 0 Å². The molecule has 0 aliphatic heterocycles. The van der Waals surface area contributed by atoms with Gasteiger partial charge >= 0.3 is 0 Å². The van der Waals surface area contributed by atoms with Crippen molar-refractivity contribution in [3.8, 4) is 11.3 Å². The summed E-state index contributed by atoms with van der Waals surface area (Å²) in [4.78, 5) is 12.5. The van der Waals surface area contributed by atoms with E-state index >= 15 is 0 Å². The molecule has 2 aromatic carbocycles. The van der Waals surface area contributed by atoms with E-state index < -0.39 is 0 Å². The first-order chi connectivity index (χ1) is 10.3. The summed E-state index contributed by atoms with van der Waals surface area (Å²) in [6.45, 7) is 0.902. The van der Waals surface area contributed by atoms with Gasteiger partial charge in [0, 0.05) is 18.1 Å². The molecule has 21 heavy (non-hydrogen) atoms. The highest BCUT2D eigenvalue weighted by Gasteiger charge is 2.11. The lowest BCUT2D eigenvalue weighted by atomic mass is 10.1. The van der Waals surface area contributed by atoms with Crippen LogP contribution in [0.4, 0.5) is 0 Å². The third kappa shape index (κ3) is 2.58. The van der Waals surface area contributed by atoms with E-state index in [9.17, 15) is 4.79 Å². The number of rotatable bonds is 4. The Bertz CT molecular complexity index is 810. The Balaban J connectivity index is 2.27. The van der Waals surface area contributed by atoms with Gasteiger partial charge in [-0.3, -0.25) is 4.79 Å². The quantitative estimate of drug-likeness (QED) is 0.738. The standard InChI is InChI=1S/C17H16N2O2/c1-21-12-11-19-17(20)15-10-6-5-9-14(15)16(18-19)13-7-3-2-4-8-13/h2-10H,11-12H2,1H3. The van der Waals surface area contributed by atoms with E-state index in [1.165, 1.54) is 4.68 Å². The minimum Gasteiger partial charge on any atom is -0.383 e. The van der Waals surface area contributed by atoms with Crippen LogP contribution in [0.5, 0.6) is 0 Å². The number of methoxy groups -OCH3 is 1. The molecule has 4 heteroatoms. The molecule has 0 aliphatic rings. The maximum absolute atomic E-state index is 12.5. The first kappa shape index (κ1) is 13.5. The molecule has 0 amide bonds. The van der Waals surface area contributed by atoms with Crippen molar-refractivity contribution in [3.05, 3.63) is 65.0 Å². The fraction of sp³-hybridized carbons (Fsp3) is 0.176. The summed E-state index contributed by atoms with van der Waals surface area (Å²) in [5.41, 5.74) is 1.74. The van der Waals surface area contributed by atoms with Crippen LogP contribution in [0.3, 0.4) is 0 Å². The monoisotopic (exact) mass is 280 g/mol. The van der Waals surface area contributed by atoms with Crippen LogP contribution < -0.4 is 5.56 Å². The molecule has 0 saturated heterocycles. The summed E-state index contributed by atoms with van der Waals surface area (Å²) in [7, 11) is 1.62. The molecule has 0 fully saturated rings. The Morgan fingerprint density at radius 1 is 1.00 bits per heavy atom. The van der Waals surface area contributed by atoms with Crippen molar-refractivity contribution in [2.24, 2.45) is 0 Å². The van der Waals surface area contributed by atoms with E-state index in [0.717, 1.165) is 16.6 Å². The summed E-state index contributed by atoms with van der Waals surface area (Å²) >= 11 is 0. The van der Waals surface area contributed by atoms with Crippen LogP contribution in [0, 0.1) is 0 Å². The second kappa shape index (κ2) is 5.89. The van der Waals surface area contributed by atoms with E-state index in [2.05, 4.69) is 5.10 Å². The zero-order valence-electron chi connectivity index (χ0n) is 11.8. The molecule has 0 spiro atoms. The number of nitrogens with zero attached hydrogens (tertiary/aromatic N) is 2. The van der Waals surface area contributed by atoms with Crippen molar-refractivity contribution >= 4 is 10.8 Å². The Labute approximate surface area is 122 Å². The van der Waals surface area contributed by atoms with Gasteiger partial charge in [0.1, 0.15) is 0 Å². The highest BCUT2D eigenvalue weighted by atomic mass is 16.5. The summed E-state index contributed by atoms with van der Waals surface area (Å²) < 4.78 is 6.54. The van der Waals surface area contributed by atoms with Crippen molar-refractivity contribution in [2.75, 3.05) is 13.7 Å². The number of hydrogen-bond acceptors (Lipinski definition) is 3. The minimum absolute atomic E-state index is 0.0812. The Morgan fingerprint density at radius 3 is 2.38 bits per heavy atom. The Kier molecular flexibility index (Phi) is 3.79. The van der Waals surface area contributed by atoms with Gasteiger partial charge < -0.3 is 4.74 Å². The summed E-state index contributed by atoms with van der Waals surface area (Å²) in [6, 6.07) is 17.5. The maximum atomic E-state index is 12.5. The molecule has 0 radical (unpaired) electrons. The van der Waals surface area contributed by atoms with Crippen molar-refractivity contribution in [2.45, 2.75) is 6.54 Å². The van der Waals surface area contributed by atoms with Gasteiger partial charge in [-0.05, 0) is 6.07 Å². The van der Waals surface area contributed by atoms with Gasteiger partial charge in [0.15, 0.2) is 0 Å². The largest absolute Gasteiger partial charge is 0.383 e. The van der Waals surface area contributed by atoms with Gasteiger partial charge in [-0.1, -0.05) is 48.5 Å². The molecule has 0 N–H and O–H groups in total. The van der Waals surface area contributed by atoms with Gasteiger partial charge in [-0.15, -0.1) is 0 Å². The van der Waals surface area contributed by atoms with Crippen LogP contribution in [0.25, 0.3) is 22.0 Å². The van der Waals surface area contributed by atoms with Gasteiger partial charge in [0.2, 0.25) is 0 Å². The highest BCUT2D eigenvalue weighted by molar-refractivity contribution is 5.93. The van der Waals surface area contributed by atoms with Crippen LogP contribution in [-0.4, -0.2) is 23.5 Å². The van der Waals surface area contributed by atoms with Crippen LogP contribution in [-0.2, 0) is 11.3 Å². The lowest BCUT2D eigenvalue weighted by Crippen LogP contribution is -2.25. The molecule has 1 aromatic heterocycles. The predicted octanol–water partition coefficient (Wildman–Crippen LogP) is 2.71. The van der Waals surface area contributed by atoms with Crippen LogP contribution in [0.1, 0.15) is 0 Å².